The van der Waals surface area contributed by atoms with Gasteiger partial charge in [-0.15, -0.1) is 0 Å². The summed E-state index contributed by atoms with van der Waals surface area (Å²) in [6.45, 7) is 0. The third-order valence-electron chi connectivity index (χ3n) is 2.52. The van der Waals surface area contributed by atoms with E-state index in [2.05, 4.69) is 5.32 Å². The van der Waals surface area contributed by atoms with E-state index in [0.717, 1.165) is 0 Å². The van der Waals surface area contributed by atoms with Crippen LogP contribution < -0.4 is 11.1 Å². The number of rotatable bonds is 3. The van der Waals surface area contributed by atoms with Gasteiger partial charge in [-0.2, -0.15) is 0 Å². The van der Waals surface area contributed by atoms with Gasteiger partial charge in [0.15, 0.2) is 5.78 Å². The van der Waals surface area contributed by atoms with Crippen LogP contribution in [0.25, 0.3) is 0 Å². The fourth-order valence-corrected chi connectivity index (χ4v) is 1.87. The quantitative estimate of drug-likeness (QED) is 0.511. The van der Waals surface area contributed by atoms with Crippen LogP contribution in [-0.2, 0) is 0 Å². The largest absolute Gasteiger partial charge is 0.324 e. The first-order valence-corrected chi connectivity index (χ1v) is 5.92. The van der Waals surface area contributed by atoms with Crippen molar-refractivity contribution in [1.82, 2.24) is 5.73 Å². The molecule has 0 fully saturated rings. The number of hydrogen-bond acceptors (Lipinski definition) is 2. The first-order chi connectivity index (χ1) is 9.08. The van der Waals surface area contributed by atoms with Gasteiger partial charge in [0.25, 0.3) is 0 Å². The van der Waals surface area contributed by atoms with Crippen molar-refractivity contribution in [3.63, 3.8) is 0 Å². The van der Waals surface area contributed by atoms with Gasteiger partial charge < -0.3 is 5.32 Å². The second-order valence-electron chi connectivity index (χ2n) is 3.89. The minimum Gasteiger partial charge on any atom is -0.324 e. The number of halogens is 1. The maximum Gasteiger partial charge on any atom is 0.212 e. The van der Waals surface area contributed by atoms with Crippen LogP contribution in [-0.4, -0.2) is 11.7 Å². The zero-order valence-electron chi connectivity index (χ0n) is 9.91. The van der Waals surface area contributed by atoms with Crippen molar-refractivity contribution in [1.29, 1.82) is 5.41 Å². The highest BCUT2D eigenvalue weighted by molar-refractivity contribution is 6.31. The summed E-state index contributed by atoms with van der Waals surface area (Å²) in [5, 5.41) is 10.1. The fourth-order valence-electron chi connectivity index (χ4n) is 1.69. The smallest absolute Gasteiger partial charge is 0.212 e. The number of carbonyl (C=O) groups is 1. The number of anilines is 1. The van der Waals surface area contributed by atoms with Gasteiger partial charge in [0.05, 0.1) is 5.69 Å². The van der Waals surface area contributed by atoms with E-state index >= 15 is 0 Å². The molecule has 0 unspecified atom stereocenters. The molecule has 2 aromatic rings. The van der Waals surface area contributed by atoms with Crippen LogP contribution in [0.5, 0.6) is 0 Å². The minimum absolute atomic E-state index is 0.202. The lowest BCUT2D eigenvalue weighted by Crippen LogP contribution is -2.14. The van der Waals surface area contributed by atoms with Gasteiger partial charge in [-0.3, -0.25) is 15.9 Å². The molecule has 0 aliphatic carbocycles. The third-order valence-corrected chi connectivity index (χ3v) is 2.76. The Labute approximate surface area is 115 Å². The predicted octanol–water partition coefficient (Wildman–Crippen LogP) is 3.20. The molecule has 0 heterocycles. The molecule has 19 heavy (non-hydrogen) atoms. The molecule has 0 saturated heterocycles. The maximum atomic E-state index is 12.4. The molecule has 95 valence electrons. The molecule has 2 aromatic carbocycles. The molecular weight excluding hydrogens is 262 g/mol. The van der Waals surface area contributed by atoms with Crippen molar-refractivity contribution < 1.29 is 4.79 Å². The summed E-state index contributed by atoms with van der Waals surface area (Å²) < 4.78 is 0. The van der Waals surface area contributed by atoms with E-state index in [1.165, 1.54) is 6.07 Å². The van der Waals surface area contributed by atoms with Crippen LogP contribution >= 0.6 is 11.6 Å². The Bertz CT molecular complexity index is 626. The number of ketones is 1. The standard InChI is InChI=1S/C14H11ClN3O/c15-10-6-7-12(18-14(16)17)11(8-10)13(19)9-4-2-1-3-5-9/h1-8,16H,(H2,17,18). The van der Waals surface area contributed by atoms with E-state index in [4.69, 9.17) is 22.7 Å². The van der Waals surface area contributed by atoms with Gasteiger partial charge in [-0.25, -0.2) is 0 Å². The van der Waals surface area contributed by atoms with Crippen molar-refractivity contribution in [3.8, 4) is 0 Å². The van der Waals surface area contributed by atoms with E-state index in [1.54, 1.807) is 36.4 Å². The third kappa shape index (κ3) is 3.11. The summed E-state index contributed by atoms with van der Waals surface area (Å²) in [6, 6.07) is 13.5. The van der Waals surface area contributed by atoms with E-state index in [9.17, 15) is 4.79 Å². The first-order valence-electron chi connectivity index (χ1n) is 5.54. The molecule has 0 amide bonds. The maximum absolute atomic E-state index is 12.4. The van der Waals surface area contributed by atoms with Crippen LogP contribution in [0, 0.1) is 5.41 Å². The molecule has 0 saturated carbocycles. The molecule has 4 nitrogen and oxygen atoms in total. The Kier molecular flexibility index (Phi) is 3.82. The highest BCUT2D eigenvalue weighted by atomic mass is 35.5. The van der Waals surface area contributed by atoms with Crippen LogP contribution in [0.3, 0.4) is 0 Å². The van der Waals surface area contributed by atoms with Gasteiger partial charge in [0.2, 0.25) is 5.96 Å². The van der Waals surface area contributed by atoms with E-state index in [1.807, 2.05) is 6.07 Å². The Morgan fingerprint density at radius 3 is 2.42 bits per heavy atom. The van der Waals surface area contributed by atoms with Gasteiger partial charge >= 0.3 is 0 Å². The Hall–Kier alpha value is -2.33. The van der Waals surface area contributed by atoms with Gasteiger partial charge in [-0.05, 0) is 18.2 Å². The summed E-state index contributed by atoms with van der Waals surface area (Å²) in [5.41, 5.74) is 8.42. The average Bonchev–Trinajstić information content (AvgIpc) is 2.40. The summed E-state index contributed by atoms with van der Waals surface area (Å²) in [5.74, 6) is -0.684. The monoisotopic (exact) mass is 272 g/mol. The van der Waals surface area contributed by atoms with Crippen molar-refractivity contribution in [2.24, 2.45) is 0 Å². The number of nitrogens with one attached hydrogen (secondary N) is 3. The molecule has 0 bridgehead atoms. The van der Waals surface area contributed by atoms with Crippen molar-refractivity contribution in [2.75, 3.05) is 5.32 Å². The van der Waals surface area contributed by atoms with Crippen LogP contribution in [0.15, 0.2) is 48.5 Å². The zero-order chi connectivity index (χ0) is 13.8. The lowest BCUT2D eigenvalue weighted by Gasteiger charge is -2.10. The van der Waals surface area contributed by atoms with Gasteiger partial charge in [-0.1, -0.05) is 41.9 Å². The highest BCUT2D eigenvalue weighted by Crippen LogP contribution is 2.23. The molecule has 0 aromatic heterocycles. The Morgan fingerprint density at radius 1 is 1.11 bits per heavy atom. The summed E-state index contributed by atoms with van der Waals surface area (Å²) >= 11 is 5.90. The molecule has 0 atom stereocenters. The molecule has 1 radical (unpaired) electrons. The summed E-state index contributed by atoms with van der Waals surface area (Å²) in [4.78, 5) is 12.4. The average molecular weight is 273 g/mol. The first kappa shape index (κ1) is 13.1. The molecular formula is C14H11ClN3O. The second-order valence-corrected chi connectivity index (χ2v) is 4.32. The van der Waals surface area contributed by atoms with Gasteiger partial charge in [0.1, 0.15) is 0 Å². The molecule has 3 N–H and O–H groups in total. The minimum atomic E-state index is -0.482. The summed E-state index contributed by atoms with van der Waals surface area (Å²) in [7, 11) is 0. The lowest BCUT2D eigenvalue weighted by atomic mass is 10.0. The topological polar surface area (TPSA) is 76.8 Å². The Morgan fingerprint density at radius 2 is 1.79 bits per heavy atom. The van der Waals surface area contributed by atoms with Crippen LogP contribution in [0.2, 0.25) is 5.02 Å². The molecule has 0 spiro atoms. The normalized spacial score (nSPS) is 9.95. The van der Waals surface area contributed by atoms with Crippen molar-refractivity contribution in [3.05, 3.63) is 64.7 Å². The molecule has 0 aliphatic rings. The Balaban J connectivity index is 2.45. The fraction of sp³-hybridized carbons (Fsp3) is 0. The number of carbonyl (C=O) groups excluding carboxylic acids is 1. The van der Waals surface area contributed by atoms with Gasteiger partial charge in [0, 0.05) is 16.1 Å². The summed E-state index contributed by atoms with van der Waals surface area (Å²) in [6.07, 6.45) is 0. The number of guanidine groups is 1. The van der Waals surface area contributed by atoms with Crippen LogP contribution in [0.4, 0.5) is 5.69 Å². The zero-order valence-corrected chi connectivity index (χ0v) is 10.7. The second kappa shape index (κ2) is 5.54. The van der Waals surface area contributed by atoms with Crippen LogP contribution in [0.1, 0.15) is 15.9 Å². The predicted molar refractivity (Wildman–Crippen MR) is 75.8 cm³/mol. The number of hydrogen-bond donors (Lipinski definition) is 2. The van der Waals surface area contributed by atoms with E-state index in [-0.39, 0.29) is 5.78 Å². The van der Waals surface area contributed by atoms with Crippen molar-refractivity contribution >= 4 is 29.0 Å². The lowest BCUT2D eigenvalue weighted by molar-refractivity contribution is 0.103. The van der Waals surface area contributed by atoms with E-state index in [0.29, 0.717) is 21.8 Å². The molecule has 5 heteroatoms. The van der Waals surface area contributed by atoms with Crippen molar-refractivity contribution in [2.45, 2.75) is 0 Å². The molecule has 2 rings (SSSR count). The number of benzene rings is 2. The molecule has 0 aliphatic heterocycles. The highest BCUT2D eigenvalue weighted by Gasteiger charge is 2.14. The SMILES string of the molecule is [NH]C(=N)Nc1ccc(Cl)cc1C(=O)c1ccccc1. The van der Waals surface area contributed by atoms with E-state index < -0.39 is 5.96 Å².